The number of carbonyl (C=O) groups is 1. The highest BCUT2D eigenvalue weighted by molar-refractivity contribution is 5.77. The molecule has 2 unspecified atom stereocenters. The Balaban J connectivity index is 1.73. The van der Waals surface area contributed by atoms with E-state index in [1.807, 2.05) is 4.90 Å². The molecule has 0 bridgehead atoms. The first kappa shape index (κ1) is 20.5. The van der Waals surface area contributed by atoms with Crippen molar-refractivity contribution in [3.8, 4) is 11.4 Å². The second-order valence-corrected chi connectivity index (χ2v) is 9.14. The molecular formula is C22H30FN3O2. The molecule has 6 heteroatoms. The third-order valence-corrected chi connectivity index (χ3v) is 5.14. The highest BCUT2D eigenvalue weighted by atomic mass is 19.1. The lowest BCUT2D eigenvalue weighted by Crippen LogP contribution is -2.39. The molecule has 1 saturated heterocycles. The summed E-state index contributed by atoms with van der Waals surface area (Å²) in [6, 6.07) is 5.82. The number of aromatic nitrogens is 2. The van der Waals surface area contributed by atoms with Crippen LogP contribution in [0, 0.1) is 17.2 Å². The largest absolute Gasteiger partial charge is 0.337 e. The number of benzene rings is 1. The van der Waals surface area contributed by atoms with Gasteiger partial charge in [-0.1, -0.05) is 32.9 Å². The van der Waals surface area contributed by atoms with E-state index in [2.05, 4.69) is 37.8 Å². The Morgan fingerprint density at radius 1 is 1.29 bits per heavy atom. The predicted molar refractivity (Wildman–Crippen MR) is 106 cm³/mol. The maximum absolute atomic E-state index is 13.1. The normalized spacial score (nSPS) is 18.9. The molecule has 0 radical (unpaired) electrons. The number of piperidine rings is 1. The van der Waals surface area contributed by atoms with E-state index in [1.54, 1.807) is 12.1 Å². The summed E-state index contributed by atoms with van der Waals surface area (Å²) in [5.41, 5.74) is 0.904. The number of hydrogen-bond donors (Lipinski definition) is 0. The summed E-state index contributed by atoms with van der Waals surface area (Å²) in [6.45, 7) is 9.47. The van der Waals surface area contributed by atoms with Crippen molar-refractivity contribution < 1.29 is 13.7 Å². The first-order chi connectivity index (χ1) is 13.2. The van der Waals surface area contributed by atoms with Gasteiger partial charge >= 0.3 is 0 Å². The van der Waals surface area contributed by atoms with Crippen molar-refractivity contribution in [2.24, 2.45) is 11.3 Å². The van der Waals surface area contributed by atoms with Crippen LogP contribution in [-0.2, 0) is 4.79 Å². The van der Waals surface area contributed by atoms with Crippen LogP contribution < -0.4 is 0 Å². The third kappa shape index (κ3) is 5.18. The Kier molecular flexibility index (Phi) is 6.16. The third-order valence-electron chi connectivity index (χ3n) is 5.14. The van der Waals surface area contributed by atoms with Crippen LogP contribution >= 0.6 is 0 Å². The molecule has 3 rings (SSSR count). The van der Waals surface area contributed by atoms with Crippen molar-refractivity contribution in [1.29, 1.82) is 0 Å². The van der Waals surface area contributed by atoms with E-state index in [9.17, 15) is 9.18 Å². The van der Waals surface area contributed by atoms with E-state index in [-0.39, 0.29) is 23.2 Å². The van der Waals surface area contributed by atoms with E-state index in [0.29, 0.717) is 29.6 Å². The predicted octanol–water partition coefficient (Wildman–Crippen LogP) is 5.39. The van der Waals surface area contributed by atoms with Crippen LogP contribution in [0.3, 0.4) is 0 Å². The standard InChI is InChI=1S/C22H30FN3O2/c1-15(14-22(2,3)4)13-19(27)26-12-6-5-7-18(26)21-24-20(25-28-21)16-8-10-17(23)11-9-16/h8-11,15,18H,5-7,12-14H2,1-4H3. The lowest BCUT2D eigenvalue weighted by atomic mass is 9.84. The van der Waals surface area contributed by atoms with Gasteiger partial charge in [0, 0.05) is 18.5 Å². The van der Waals surface area contributed by atoms with E-state index in [0.717, 1.165) is 32.2 Å². The fourth-order valence-electron chi connectivity index (χ4n) is 4.11. The van der Waals surface area contributed by atoms with Crippen LogP contribution in [0.25, 0.3) is 11.4 Å². The SMILES string of the molecule is CC(CC(=O)N1CCCCC1c1nc(-c2ccc(F)cc2)no1)CC(C)(C)C. The molecule has 2 atom stereocenters. The first-order valence-corrected chi connectivity index (χ1v) is 10.1. The molecule has 0 saturated carbocycles. The topological polar surface area (TPSA) is 59.2 Å². The minimum Gasteiger partial charge on any atom is -0.337 e. The molecule has 1 fully saturated rings. The Hall–Kier alpha value is -2.24. The Morgan fingerprint density at radius 2 is 2.00 bits per heavy atom. The molecule has 1 amide bonds. The quantitative estimate of drug-likeness (QED) is 0.690. The smallest absolute Gasteiger partial charge is 0.249 e. The second kappa shape index (κ2) is 8.41. The zero-order valence-corrected chi connectivity index (χ0v) is 17.2. The van der Waals surface area contributed by atoms with Crippen molar-refractivity contribution in [2.45, 2.75) is 65.8 Å². The van der Waals surface area contributed by atoms with E-state index in [4.69, 9.17) is 4.52 Å². The Morgan fingerprint density at radius 3 is 2.68 bits per heavy atom. The summed E-state index contributed by atoms with van der Waals surface area (Å²) in [5.74, 6) is 1.07. The summed E-state index contributed by atoms with van der Waals surface area (Å²) < 4.78 is 18.6. The van der Waals surface area contributed by atoms with Crippen LogP contribution in [0.15, 0.2) is 28.8 Å². The first-order valence-electron chi connectivity index (χ1n) is 10.1. The molecule has 0 N–H and O–H groups in total. The number of nitrogens with zero attached hydrogens (tertiary/aromatic N) is 3. The maximum atomic E-state index is 13.1. The average Bonchev–Trinajstić information content (AvgIpc) is 3.10. The molecule has 0 spiro atoms. The van der Waals surface area contributed by atoms with Crippen molar-refractivity contribution in [3.63, 3.8) is 0 Å². The molecule has 28 heavy (non-hydrogen) atoms. The lowest BCUT2D eigenvalue weighted by molar-refractivity contribution is -0.136. The Labute approximate surface area is 166 Å². The zero-order valence-electron chi connectivity index (χ0n) is 17.2. The number of hydrogen-bond acceptors (Lipinski definition) is 4. The van der Waals surface area contributed by atoms with Crippen LogP contribution in [0.4, 0.5) is 4.39 Å². The van der Waals surface area contributed by atoms with Gasteiger partial charge in [-0.3, -0.25) is 4.79 Å². The zero-order chi connectivity index (χ0) is 20.3. The molecule has 2 aromatic rings. The van der Waals surface area contributed by atoms with E-state index >= 15 is 0 Å². The van der Waals surface area contributed by atoms with E-state index in [1.165, 1.54) is 12.1 Å². The number of carbonyl (C=O) groups excluding carboxylic acids is 1. The van der Waals surface area contributed by atoms with Gasteiger partial charge in [-0.2, -0.15) is 4.98 Å². The van der Waals surface area contributed by atoms with Gasteiger partial charge in [0.2, 0.25) is 17.6 Å². The van der Waals surface area contributed by atoms with Gasteiger partial charge in [-0.25, -0.2) is 4.39 Å². The monoisotopic (exact) mass is 387 g/mol. The molecule has 1 aliphatic rings. The van der Waals surface area contributed by atoms with Gasteiger partial charge in [0.1, 0.15) is 11.9 Å². The molecule has 2 heterocycles. The molecule has 1 aromatic heterocycles. The van der Waals surface area contributed by atoms with E-state index < -0.39 is 0 Å². The van der Waals surface area contributed by atoms with Crippen molar-refractivity contribution in [2.75, 3.05) is 6.54 Å². The minimum atomic E-state index is -0.305. The Bertz CT molecular complexity index is 795. The highest BCUT2D eigenvalue weighted by Gasteiger charge is 2.33. The van der Waals surface area contributed by atoms with Gasteiger partial charge in [0.05, 0.1) is 0 Å². The van der Waals surface area contributed by atoms with Gasteiger partial charge in [0.15, 0.2) is 0 Å². The van der Waals surface area contributed by atoms with Gasteiger partial charge in [-0.15, -0.1) is 0 Å². The molecule has 0 aliphatic carbocycles. The van der Waals surface area contributed by atoms with Crippen molar-refractivity contribution >= 4 is 5.91 Å². The molecular weight excluding hydrogens is 357 g/mol. The van der Waals surface area contributed by atoms with Gasteiger partial charge in [0.25, 0.3) is 0 Å². The molecule has 1 aliphatic heterocycles. The molecule has 152 valence electrons. The number of likely N-dealkylation sites (tertiary alicyclic amines) is 1. The fraction of sp³-hybridized carbons (Fsp3) is 0.591. The number of rotatable bonds is 5. The summed E-state index contributed by atoms with van der Waals surface area (Å²) >= 11 is 0. The fourth-order valence-corrected chi connectivity index (χ4v) is 4.11. The van der Waals surface area contributed by atoms with Crippen molar-refractivity contribution in [3.05, 3.63) is 36.0 Å². The number of amides is 1. The van der Waals surface area contributed by atoms with Gasteiger partial charge in [-0.05, 0) is 61.3 Å². The molecule has 1 aromatic carbocycles. The maximum Gasteiger partial charge on any atom is 0.249 e. The highest BCUT2D eigenvalue weighted by Crippen LogP contribution is 2.33. The summed E-state index contributed by atoms with van der Waals surface area (Å²) in [6.07, 6.45) is 4.39. The van der Waals surface area contributed by atoms with Crippen LogP contribution in [0.5, 0.6) is 0 Å². The van der Waals surface area contributed by atoms with Crippen LogP contribution in [0.2, 0.25) is 0 Å². The van der Waals surface area contributed by atoms with Crippen molar-refractivity contribution in [1.82, 2.24) is 15.0 Å². The summed E-state index contributed by atoms with van der Waals surface area (Å²) in [5, 5.41) is 4.05. The van der Waals surface area contributed by atoms with Gasteiger partial charge < -0.3 is 9.42 Å². The second-order valence-electron chi connectivity index (χ2n) is 9.14. The lowest BCUT2D eigenvalue weighted by Gasteiger charge is -2.34. The molecule has 5 nitrogen and oxygen atoms in total. The summed E-state index contributed by atoms with van der Waals surface area (Å²) in [4.78, 5) is 19.4. The summed E-state index contributed by atoms with van der Waals surface area (Å²) in [7, 11) is 0. The minimum absolute atomic E-state index is 0.156. The van der Waals surface area contributed by atoms with Crippen LogP contribution in [-0.4, -0.2) is 27.5 Å². The average molecular weight is 387 g/mol. The number of halogens is 1. The van der Waals surface area contributed by atoms with Crippen LogP contribution in [0.1, 0.15) is 71.7 Å².